The highest BCUT2D eigenvalue weighted by molar-refractivity contribution is 6.31. The summed E-state index contributed by atoms with van der Waals surface area (Å²) in [5.74, 6) is -0.000286. The van der Waals surface area contributed by atoms with Crippen molar-refractivity contribution in [3.05, 3.63) is 64.2 Å². The van der Waals surface area contributed by atoms with Gasteiger partial charge >= 0.3 is 0 Å². The fourth-order valence-corrected chi connectivity index (χ4v) is 2.32. The highest BCUT2D eigenvalue weighted by atomic mass is 35.5. The van der Waals surface area contributed by atoms with Crippen molar-refractivity contribution in [1.29, 1.82) is 0 Å². The third-order valence-electron chi connectivity index (χ3n) is 3.40. The van der Waals surface area contributed by atoms with Gasteiger partial charge in [-0.2, -0.15) is 0 Å². The monoisotopic (exact) mass is 302 g/mol. The van der Waals surface area contributed by atoms with Crippen molar-refractivity contribution in [2.24, 2.45) is 0 Å². The minimum absolute atomic E-state index is 0.000286. The van der Waals surface area contributed by atoms with E-state index in [1.54, 1.807) is 17.0 Å². The van der Waals surface area contributed by atoms with Crippen LogP contribution in [0.15, 0.2) is 42.5 Å². The first-order valence-corrected chi connectivity index (χ1v) is 7.29. The maximum absolute atomic E-state index is 12.6. The average molecular weight is 303 g/mol. The third kappa shape index (κ3) is 3.76. The van der Waals surface area contributed by atoms with Crippen LogP contribution >= 0.6 is 11.6 Å². The second-order valence-electron chi connectivity index (χ2n) is 5.03. The van der Waals surface area contributed by atoms with Crippen LogP contribution in [0.4, 0.5) is 5.69 Å². The van der Waals surface area contributed by atoms with Crippen LogP contribution in [0.5, 0.6) is 0 Å². The summed E-state index contributed by atoms with van der Waals surface area (Å²) >= 11 is 6.01. The molecule has 21 heavy (non-hydrogen) atoms. The SMILES string of the molecule is CCN(Cc1cccc(N)c1)C(=O)c1ccc(Cl)c(C)c1. The molecule has 0 atom stereocenters. The van der Waals surface area contributed by atoms with Crippen LogP contribution in [0.2, 0.25) is 5.02 Å². The number of nitrogens with two attached hydrogens (primary N) is 1. The Morgan fingerprint density at radius 3 is 2.62 bits per heavy atom. The van der Waals surface area contributed by atoms with Gasteiger partial charge in [0.1, 0.15) is 0 Å². The fourth-order valence-electron chi connectivity index (χ4n) is 2.20. The van der Waals surface area contributed by atoms with E-state index in [9.17, 15) is 4.79 Å². The lowest BCUT2D eigenvalue weighted by atomic mass is 10.1. The molecular weight excluding hydrogens is 284 g/mol. The van der Waals surface area contributed by atoms with Crippen molar-refractivity contribution in [1.82, 2.24) is 4.90 Å². The molecule has 0 heterocycles. The average Bonchev–Trinajstić information content (AvgIpc) is 2.47. The molecule has 0 saturated carbocycles. The summed E-state index contributed by atoms with van der Waals surface area (Å²) in [6, 6.07) is 13.0. The fraction of sp³-hybridized carbons (Fsp3) is 0.235. The van der Waals surface area contributed by atoms with Crippen molar-refractivity contribution in [3.63, 3.8) is 0 Å². The van der Waals surface area contributed by atoms with Crippen molar-refractivity contribution >= 4 is 23.2 Å². The van der Waals surface area contributed by atoms with E-state index in [1.807, 2.05) is 44.2 Å². The molecule has 3 nitrogen and oxygen atoms in total. The van der Waals surface area contributed by atoms with Gasteiger partial charge in [-0.25, -0.2) is 0 Å². The number of aryl methyl sites for hydroxylation is 1. The summed E-state index contributed by atoms with van der Waals surface area (Å²) in [4.78, 5) is 14.4. The first-order chi connectivity index (χ1) is 10.0. The highest BCUT2D eigenvalue weighted by Gasteiger charge is 2.15. The number of anilines is 1. The Hall–Kier alpha value is -2.00. The number of nitrogens with zero attached hydrogens (tertiary/aromatic N) is 1. The molecule has 110 valence electrons. The molecule has 2 aromatic rings. The molecule has 1 amide bonds. The normalized spacial score (nSPS) is 10.4. The van der Waals surface area contributed by atoms with E-state index in [1.165, 1.54) is 0 Å². The lowest BCUT2D eigenvalue weighted by molar-refractivity contribution is 0.0752. The van der Waals surface area contributed by atoms with Gasteiger partial charge < -0.3 is 10.6 Å². The van der Waals surface area contributed by atoms with Crippen molar-refractivity contribution < 1.29 is 4.79 Å². The van der Waals surface area contributed by atoms with Crippen LogP contribution in [0.1, 0.15) is 28.4 Å². The number of hydrogen-bond acceptors (Lipinski definition) is 2. The largest absolute Gasteiger partial charge is 0.399 e. The second-order valence-corrected chi connectivity index (χ2v) is 5.44. The van der Waals surface area contributed by atoms with Crippen LogP contribution < -0.4 is 5.73 Å². The van der Waals surface area contributed by atoms with E-state index in [-0.39, 0.29) is 5.91 Å². The molecule has 0 aliphatic carbocycles. The topological polar surface area (TPSA) is 46.3 Å². The molecule has 2 rings (SSSR count). The Bertz CT molecular complexity index is 655. The number of carbonyl (C=O) groups is 1. The summed E-state index contributed by atoms with van der Waals surface area (Å²) in [5, 5.41) is 0.672. The molecule has 0 saturated heterocycles. The summed E-state index contributed by atoms with van der Waals surface area (Å²) in [6.07, 6.45) is 0. The van der Waals surface area contributed by atoms with Gasteiger partial charge in [0, 0.05) is 29.4 Å². The zero-order valence-electron chi connectivity index (χ0n) is 12.3. The van der Waals surface area contributed by atoms with Crippen LogP contribution in [0, 0.1) is 6.92 Å². The van der Waals surface area contributed by atoms with Gasteiger partial charge in [0.25, 0.3) is 5.91 Å². The number of amides is 1. The molecular formula is C17H19ClN2O. The first kappa shape index (κ1) is 15.4. The molecule has 0 fully saturated rings. The summed E-state index contributed by atoms with van der Waals surface area (Å²) in [5.41, 5.74) is 9.07. The van der Waals surface area contributed by atoms with Gasteiger partial charge in [0.2, 0.25) is 0 Å². The van der Waals surface area contributed by atoms with Gasteiger partial charge in [0.05, 0.1) is 0 Å². The standard InChI is InChI=1S/C17H19ClN2O/c1-3-20(11-13-5-4-6-15(19)10-13)17(21)14-7-8-16(18)12(2)9-14/h4-10H,3,11,19H2,1-2H3. The minimum atomic E-state index is -0.000286. The Labute approximate surface area is 130 Å². The van der Waals surface area contributed by atoms with E-state index in [2.05, 4.69) is 0 Å². The van der Waals surface area contributed by atoms with E-state index in [4.69, 9.17) is 17.3 Å². The van der Waals surface area contributed by atoms with Gasteiger partial charge in [-0.05, 0) is 55.3 Å². The lowest BCUT2D eigenvalue weighted by Crippen LogP contribution is -2.30. The van der Waals surface area contributed by atoms with E-state index >= 15 is 0 Å². The lowest BCUT2D eigenvalue weighted by Gasteiger charge is -2.21. The number of hydrogen-bond donors (Lipinski definition) is 1. The van der Waals surface area contributed by atoms with Crippen molar-refractivity contribution in [3.8, 4) is 0 Å². The van der Waals surface area contributed by atoms with Gasteiger partial charge in [0.15, 0.2) is 0 Å². The zero-order valence-corrected chi connectivity index (χ0v) is 13.0. The Morgan fingerprint density at radius 1 is 1.24 bits per heavy atom. The van der Waals surface area contributed by atoms with Gasteiger partial charge in [-0.3, -0.25) is 4.79 Å². The number of benzene rings is 2. The summed E-state index contributed by atoms with van der Waals surface area (Å²) < 4.78 is 0. The Kier molecular flexibility index (Phi) is 4.86. The van der Waals surface area contributed by atoms with Crippen molar-refractivity contribution in [2.75, 3.05) is 12.3 Å². The number of halogens is 1. The van der Waals surface area contributed by atoms with E-state index < -0.39 is 0 Å². The molecule has 2 aromatic carbocycles. The van der Waals surface area contributed by atoms with Gasteiger partial charge in [-0.15, -0.1) is 0 Å². The van der Waals surface area contributed by atoms with Crippen molar-refractivity contribution in [2.45, 2.75) is 20.4 Å². The van der Waals surface area contributed by atoms with Crippen LogP contribution in [-0.2, 0) is 6.54 Å². The quantitative estimate of drug-likeness (QED) is 0.871. The molecule has 0 unspecified atom stereocenters. The minimum Gasteiger partial charge on any atom is -0.399 e. The molecule has 0 aliphatic rings. The maximum atomic E-state index is 12.6. The Balaban J connectivity index is 2.20. The number of carbonyl (C=O) groups excluding carboxylic acids is 1. The highest BCUT2D eigenvalue weighted by Crippen LogP contribution is 2.18. The molecule has 0 aliphatic heterocycles. The summed E-state index contributed by atoms with van der Waals surface area (Å²) in [7, 11) is 0. The van der Waals surface area contributed by atoms with E-state index in [0.717, 1.165) is 11.1 Å². The Morgan fingerprint density at radius 2 is 2.00 bits per heavy atom. The molecule has 0 aromatic heterocycles. The molecule has 2 N–H and O–H groups in total. The number of nitrogen functional groups attached to an aromatic ring is 1. The summed E-state index contributed by atoms with van der Waals surface area (Å²) in [6.45, 7) is 5.04. The third-order valence-corrected chi connectivity index (χ3v) is 3.82. The first-order valence-electron chi connectivity index (χ1n) is 6.91. The maximum Gasteiger partial charge on any atom is 0.254 e. The predicted molar refractivity (Wildman–Crippen MR) is 87.5 cm³/mol. The second kappa shape index (κ2) is 6.64. The molecule has 4 heteroatoms. The van der Waals surface area contributed by atoms with Crippen LogP contribution in [0.25, 0.3) is 0 Å². The van der Waals surface area contributed by atoms with E-state index in [0.29, 0.717) is 29.4 Å². The molecule has 0 spiro atoms. The number of rotatable bonds is 4. The van der Waals surface area contributed by atoms with Crippen LogP contribution in [-0.4, -0.2) is 17.4 Å². The smallest absolute Gasteiger partial charge is 0.254 e. The van der Waals surface area contributed by atoms with Gasteiger partial charge in [-0.1, -0.05) is 23.7 Å². The molecule has 0 radical (unpaired) electrons. The van der Waals surface area contributed by atoms with Crippen LogP contribution in [0.3, 0.4) is 0 Å². The predicted octanol–water partition coefficient (Wildman–Crippen LogP) is 3.89. The zero-order chi connectivity index (χ0) is 15.4. The molecule has 0 bridgehead atoms.